The molecule has 0 amide bonds. The Bertz CT molecular complexity index is 1060. The topological polar surface area (TPSA) is 116 Å². The normalized spacial score (nSPS) is 11.7. The molecule has 2 heterocycles. The second-order valence-corrected chi connectivity index (χ2v) is 5.93. The van der Waals surface area contributed by atoms with Gasteiger partial charge in [-0.05, 0) is 12.1 Å². The molecular formula is C12H10N4O5S. The van der Waals surface area contributed by atoms with E-state index in [1.807, 2.05) is 0 Å². The summed E-state index contributed by atoms with van der Waals surface area (Å²) in [5.74, 6) is 0. The smallest absolute Gasteiger partial charge is 0.301 e. The van der Waals surface area contributed by atoms with Crippen LogP contribution in [0, 0.1) is 0 Å². The maximum absolute atomic E-state index is 12.2. The number of hydrogen-bond acceptors (Lipinski definition) is 6. The molecule has 1 aromatic carbocycles. The Morgan fingerprint density at radius 1 is 1.18 bits per heavy atom. The zero-order valence-corrected chi connectivity index (χ0v) is 12.1. The van der Waals surface area contributed by atoms with Gasteiger partial charge in [0, 0.05) is 7.05 Å². The van der Waals surface area contributed by atoms with Crippen molar-refractivity contribution >= 4 is 21.2 Å². The minimum Gasteiger partial charge on any atom is -0.301 e. The van der Waals surface area contributed by atoms with E-state index in [0.29, 0.717) is 0 Å². The van der Waals surface area contributed by atoms with Crippen LogP contribution in [0.2, 0.25) is 0 Å². The molecule has 0 spiro atoms. The molecule has 0 atom stereocenters. The van der Waals surface area contributed by atoms with Gasteiger partial charge in [-0.15, -0.1) is 0 Å². The van der Waals surface area contributed by atoms with E-state index in [1.54, 1.807) is 6.07 Å². The fraction of sp³-hybridized carbons (Fsp3) is 0.0833. The zero-order chi connectivity index (χ0) is 15.9. The van der Waals surface area contributed by atoms with E-state index in [1.165, 1.54) is 42.2 Å². The van der Waals surface area contributed by atoms with Crippen molar-refractivity contribution in [1.29, 1.82) is 0 Å². The standard InChI is InChI=1S/C12H10N4O5S/c1-15-10-9(7-13-15)14-12(18)16(11(10)17)21-22(19,20)8-5-3-2-4-6-8/h2-7H,1H3,(H,14,18). The van der Waals surface area contributed by atoms with Crippen LogP contribution in [0.4, 0.5) is 0 Å². The van der Waals surface area contributed by atoms with Gasteiger partial charge in [-0.1, -0.05) is 22.9 Å². The molecule has 2 aromatic heterocycles. The molecule has 10 heteroatoms. The first-order valence-electron chi connectivity index (χ1n) is 6.07. The summed E-state index contributed by atoms with van der Waals surface area (Å²) in [4.78, 5) is 26.2. The molecule has 9 nitrogen and oxygen atoms in total. The molecular weight excluding hydrogens is 312 g/mol. The lowest BCUT2D eigenvalue weighted by atomic mass is 10.4. The maximum atomic E-state index is 12.2. The number of nitrogens with zero attached hydrogens (tertiary/aromatic N) is 3. The first kappa shape index (κ1) is 14.1. The van der Waals surface area contributed by atoms with E-state index in [0.717, 1.165) is 0 Å². The zero-order valence-electron chi connectivity index (χ0n) is 11.3. The summed E-state index contributed by atoms with van der Waals surface area (Å²) in [5, 5.41) is 3.82. The van der Waals surface area contributed by atoms with E-state index in [-0.39, 0.29) is 20.7 Å². The van der Waals surface area contributed by atoms with E-state index in [2.05, 4.69) is 14.4 Å². The third kappa shape index (κ3) is 2.19. The summed E-state index contributed by atoms with van der Waals surface area (Å²) < 4.78 is 30.3. The van der Waals surface area contributed by atoms with Crippen molar-refractivity contribution < 1.29 is 12.7 Å². The number of aromatic amines is 1. The molecule has 3 rings (SSSR count). The number of nitrogens with one attached hydrogen (secondary N) is 1. The Balaban J connectivity index is 2.18. The molecule has 0 unspecified atom stereocenters. The Morgan fingerprint density at radius 3 is 2.55 bits per heavy atom. The van der Waals surface area contributed by atoms with Crippen LogP contribution in [-0.2, 0) is 17.2 Å². The van der Waals surface area contributed by atoms with Crippen molar-refractivity contribution in [2.24, 2.45) is 7.05 Å². The number of H-pyrrole nitrogens is 1. The molecule has 22 heavy (non-hydrogen) atoms. The van der Waals surface area contributed by atoms with Gasteiger partial charge in [0.2, 0.25) is 0 Å². The quantitative estimate of drug-likeness (QED) is 0.677. The molecule has 1 N–H and O–H groups in total. The van der Waals surface area contributed by atoms with E-state index >= 15 is 0 Å². The largest absolute Gasteiger partial charge is 0.363 e. The number of aromatic nitrogens is 4. The highest BCUT2D eigenvalue weighted by Crippen LogP contribution is 2.08. The van der Waals surface area contributed by atoms with Crippen LogP contribution >= 0.6 is 0 Å². The van der Waals surface area contributed by atoms with Crippen molar-refractivity contribution in [3.8, 4) is 0 Å². The number of aryl methyl sites for hydroxylation is 1. The average Bonchev–Trinajstić information content (AvgIpc) is 2.85. The molecule has 0 aliphatic carbocycles. The van der Waals surface area contributed by atoms with Crippen LogP contribution in [0.15, 0.2) is 51.0 Å². The van der Waals surface area contributed by atoms with Gasteiger partial charge < -0.3 is 4.98 Å². The van der Waals surface area contributed by atoms with Gasteiger partial charge in [-0.3, -0.25) is 13.8 Å². The first-order valence-corrected chi connectivity index (χ1v) is 7.48. The van der Waals surface area contributed by atoms with Crippen molar-refractivity contribution in [2.75, 3.05) is 0 Å². The van der Waals surface area contributed by atoms with Crippen LogP contribution in [0.1, 0.15) is 0 Å². The van der Waals surface area contributed by atoms with E-state index < -0.39 is 21.4 Å². The predicted octanol–water partition coefficient (Wildman–Crippen LogP) is -0.759. The lowest BCUT2D eigenvalue weighted by Crippen LogP contribution is -2.42. The summed E-state index contributed by atoms with van der Waals surface area (Å²) in [6.07, 6.45) is 1.29. The van der Waals surface area contributed by atoms with E-state index in [9.17, 15) is 18.0 Å². The maximum Gasteiger partial charge on any atom is 0.363 e. The molecule has 0 fully saturated rings. The van der Waals surface area contributed by atoms with Gasteiger partial charge in [0.15, 0.2) is 5.52 Å². The summed E-state index contributed by atoms with van der Waals surface area (Å²) in [7, 11) is -2.83. The lowest BCUT2D eigenvalue weighted by molar-refractivity contribution is 0.253. The highest BCUT2D eigenvalue weighted by atomic mass is 32.2. The number of hydrogen-bond donors (Lipinski definition) is 1. The Labute approximate surface area is 123 Å². The minimum atomic E-state index is -4.31. The number of benzene rings is 1. The molecule has 0 aliphatic heterocycles. The second kappa shape index (κ2) is 4.84. The Hall–Kier alpha value is -2.88. The van der Waals surface area contributed by atoms with Gasteiger partial charge in [0.05, 0.1) is 11.7 Å². The number of fused-ring (bicyclic) bond motifs is 1. The lowest BCUT2D eigenvalue weighted by Gasteiger charge is -2.07. The van der Waals surface area contributed by atoms with Crippen molar-refractivity contribution in [3.63, 3.8) is 0 Å². The van der Waals surface area contributed by atoms with Crippen LogP contribution in [0.25, 0.3) is 11.0 Å². The summed E-state index contributed by atoms with van der Waals surface area (Å²) >= 11 is 0. The van der Waals surface area contributed by atoms with Gasteiger partial charge in [0.1, 0.15) is 4.90 Å². The van der Waals surface area contributed by atoms with Crippen molar-refractivity contribution in [3.05, 3.63) is 57.4 Å². The average molecular weight is 322 g/mol. The molecule has 0 aliphatic rings. The van der Waals surface area contributed by atoms with Crippen LogP contribution in [0.3, 0.4) is 0 Å². The first-order chi connectivity index (χ1) is 10.4. The predicted molar refractivity (Wildman–Crippen MR) is 75.8 cm³/mol. The van der Waals surface area contributed by atoms with Crippen LogP contribution in [-0.4, -0.2) is 27.9 Å². The van der Waals surface area contributed by atoms with E-state index in [4.69, 9.17) is 0 Å². The summed E-state index contributed by atoms with van der Waals surface area (Å²) in [5.41, 5.74) is -1.72. The summed E-state index contributed by atoms with van der Waals surface area (Å²) in [6, 6.07) is 7.19. The molecule has 0 saturated heterocycles. The number of rotatable bonds is 3. The van der Waals surface area contributed by atoms with Crippen LogP contribution < -0.4 is 15.5 Å². The highest BCUT2D eigenvalue weighted by Gasteiger charge is 2.21. The molecule has 0 radical (unpaired) electrons. The molecule has 114 valence electrons. The Morgan fingerprint density at radius 2 is 1.86 bits per heavy atom. The van der Waals surface area contributed by atoms with Crippen molar-refractivity contribution in [1.82, 2.24) is 19.5 Å². The van der Waals surface area contributed by atoms with Crippen molar-refractivity contribution in [2.45, 2.75) is 4.90 Å². The Kier molecular flexibility index (Phi) is 3.10. The summed E-state index contributed by atoms with van der Waals surface area (Å²) in [6.45, 7) is 0. The third-order valence-corrected chi connectivity index (χ3v) is 4.15. The fourth-order valence-corrected chi connectivity index (χ4v) is 2.84. The molecule has 0 bridgehead atoms. The fourth-order valence-electron chi connectivity index (χ4n) is 1.93. The monoisotopic (exact) mass is 322 g/mol. The van der Waals surface area contributed by atoms with Gasteiger partial charge >= 0.3 is 21.4 Å². The van der Waals surface area contributed by atoms with Gasteiger partial charge in [-0.25, -0.2) is 4.79 Å². The minimum absolute atomic E-state index is 0.0165. The SMILES string of the molecule is Cn1ncc2[nH]c(=O)n(OS(=O)(=O)c3ccccc3)c(=O)c21. The van der Waals surface area contributed by atoms with Gasteiger partial charge in [-0.2, -0.15) is 13.5 Å². The highest BCUT2D eigenvalue weighted by molar-refractivity contribution is 7.87. The second-order valence-electron chi connectivity index (χ2n) is 4.40. The molecule has 3 aromatic rings. The molecule has 0 saturated carbocycles. The van der Waals surface area contributed by atoms with Crippen LogP contribution in [0.5, 0.6) is 0 Å². The van der Waals surface area contributed by atoms with Gasteiger partial charge in [0.25, 0.3) is 0 Å². The third-order valence-electron chi connectivity index (χ3n) is 2.96.